The number of thioether (sulfide) groups is 1. The fourth-order valence-corrected chi connectivity index (χ4v) is 3.77. The number of para-hydroxylation sites is 1. The van der Waals surface area contributed by atoms with Crippen LogP contribution < -0.4 is 10.5 Å². The van der Waals surface area contributed by atoms with Crippen molar-refractivity contribution in [2.45, 2.75) is 64.1 Å². The average Bonchev–Trinajstić information content (AvgIpc) is 2.76. The van der Waals surface area contributed by atoms with Crippen molar-refractivity contribution >= 4 is 40.7 Å². The predicted octanol–water partition coefficient (Wildman–Crippen LogP) is 6.34. The summed E-state index contributed by atoms with van der Waals surface area (Å²) >= 11 is 1.000. The number of amides is 2. The van der Waals surface area contributed by atoms with Crippen LogP contribution in [0, 0.1) is 5.82 Å². The van der Waals surface area contributed by atoms with Crippen LogP contribution in [-0.2, 0) is 15.7 Å². The number of benzene rings is 1. The van der Waals surface area contributed by atoms with Gasteiger partial charge in [-0.15, -0.1) is 0 Å². The number of nitrogens with zero attached hydrogens (tertiary/aromatic N) is 4. The molecule has 14 heteroatoms. The van der Waals surface area contributed by atoms with Crippen LogP contribution in [0.15, 0.2) is 40.4 Å². The number of rotatable bonds is 3. The minimum atomic E-state index is -5.03. The molecule has 0 aliphatic rings. The first-order valence-electron chi connectivity index (χ1n) is 11.4. The summed E-state index contributed by atoms with van der Waals surface area (Å²) in [4.78, 5) is 48.5. The van der Waals surface area contributed by atoms with Crippen molar-refractivity contribution < 1.29 is 36.6 Å². The molecule has 1 aromatic carbocycles. The Morgan fingerprint density at radius 3 is 2.05 bits per heavy atom. The van der Waals surface area contributed by atoms with Gasteiger partial charge in [-0.05, 0) is 59.9 Å². The lowest BCUT2D eigenvalue weighted by atomic mass is 10.1. The molecule has 0 saturated heterocycles. The average molecular weight is 571 g/mol. The molecule has 0 spiro atoms. The van der Waals surface area contributed by atoms with E-state index in [1.54, 1.807) is 47.8 Å². The van der Waals surface area contributed by atoms with Crippen molar-refractivity contribution in [1.82, 2.24) is 14.5 Å². The third kappa shape index (κ3) is 6.67. The van der Waals surface area contributed by atoms with Crippen molar-refractivity contribution in [3.8, 4) is 5.69 Å². The first-order chi connectivity index (χ1) is 17.8. The molecule has 0 bridgehead atoms. The lowest BCUT2D eigenvalue weighted by Gasteiger charge is -2.29. The quantitative estimate of drug-likeness (QED) is 0.204. The molecular formula is C25H26F4N4O5S. The smallest absolute Gasteiger partial charge is 0.424 e. The van der Waals surface area contributed by atoms with Gasteiger partial charge < -0.3 is 9.47 Å². The van der Waals surface area contributed by atoms with E-state index in [1.165, 1.54) is 0 Å². The number of anilines is 1. The number of carbonyl (C=O) groups is 2. The second-order valence-electron chi connectivity index (χ2n) is 10.2. The molecule has 210 valence electrons. The highest BCUT2D eigenvalue weighted by atomic mass is 32.2. The second kappa shape index (κ2) is 10.5. The Bertz CT molecular complexity index is 1470. The number of fused-ring (bicyclic) bond motifs is 1. The van der Waals surface area contributed by atoms with Crippen LogP contribution >= 0.6 is 11.8 Å². The maximum Gasteiger partial charge on any atom is 0.424 e. The Kier molecular flexibility index (Phi) is 8.02. The van der Waals surface area contributed by atoms with Crippen LogP contribution in [0.25, 0.3) is 16.7 Å². The van der Waals surface area contributed by atoms with Crippen molar-refractivity contribution in [2.24, 2.45) is 0 Å². The van der Waals surface area contributed by atoms with Gasteiger partial charge in [-0.1, -0.05) is 17.8 Å². The maximum absolute atomic E-state index is 15.0. The highest BCUT2D eigenvalue weighted by Gasteiger charge is 2.38. The van der Waals surface area contributed by atoms with Gasteiger partial charge in [-0.25, -0.2) is 23.9 Å². The van der Waals surface area contributed by atoms with Crippen LogP contribution in [0.4, 0.5) is 32.8 Å². The summed E-state index contributed by atoms with van der Waals surface area (Å²) in [5.74, 6) is -1.35. The van der Waals surface area contributed by atoms with E-state index in [0.717, 1.165) is 30.1 Å². The zero-order valence-corrected chi connectivity index (χ0v) is 23.0. The molecule has 3 aromatic rings. The van der Waals surface area contributed by atoms with Gasteiger partial charge in [0, 0.05) is 12.3 Å². The molecule has 0 fully saturated rings. The summed E-state index contributed by atoms with van der Waals surface area (Å²) in [7, 11) is 0. The molecule has 0 unspecified atom stereocenters. The van der Waals surface area contributed by atoms with Crippen molar-refractivity contribution in [3.05, 3.63) is 52.2 Å². The minimum Gasteiger partial charge on any atom is -0.443 e. The monoisotopic (exact) mass is 570 g/mol. The third-order valence-corrected chi connectivity index (χ3v) is 5.37. The van der Waals surface area contributed by atoms with E-state index in [1.807, 2.05) is 0 Å². The molecule has 3 rings (SSSR count). The fourth-order valence-electron chi connectivity index (χ4n) is 3.43. The summed E-state index contributed by atoms with van der Waals surface area (Å²) in [6, 6.07) is 2.94. The number of halogens is 4. The van der Waals surface area contributed by atoms with E-state index in [-0.39, 0.29) is 10.5 Å². The Balaban J connectivity index is 2.45. The van der Waals surface area contributed by atoms with Crippen LogP contribution in [0.2, 0.25) is 0 Å². The van der Waals surface area contributed by atoms with Gasteiger partial charge in [0.25, 0.3) is 5.56 Å². The Hall–Kier alpha value is -3.68. The largest absolute Gasteiger partial charge is 0.443 e. The minimum absolute atomic E-state index is 0.0267. The number of aromatic nitrogens is 3. The van der Waals surface area contributed by atoms with E-state index < -0.39 is 63.5 Å². The summed E-state index contributed by atoms with van der Waals surface area (Å²) in [5, 5.41) is -0.195. The number of ether oxygens (including phenoxy) is 2. The zero-order chi connectivity index (χ0) is 29.5. The number of hydrogen-bond donors (Lipinski definition) is 0. The number of pyridine rings is 1. The van der Waals surface area contributed by atoms with Crippen molar-refractivity contribution in [3.63, 3.8) is 0 Å². The maximum atomic E-state index is 15.0. The number of alkyl halides is 3. The molecule has 0 atom stereocenters. The Morgan fingerprint density at radius 2 is 1.56 bits per heavy atom. The lowest BCUT2D eigenvalue weighted by molar-refractivity contribution is -0.137. The molecule has 0 radical (unpaired) electrons. The van der Waals surface area contributed by atoms with E-state index in [4.69, 9.17) is 9.47 Å². The fraction of sp³-hybridized carbons (Fsp3) is 0.400. The van der Waals surface area contributed by atoms with Crippen LogP contribution in [0.3, 0.4) is 0 Å². The molecule has 0 saturated carbocycles. The molecule has 39 heavy (non-hydrogen) atoms. The topological polar surface area (TPSA) is 104 Å². The summed E-state index contributed by atoms with van der Waals surface area (Å²) in [5.41, 5.74) is -6.82. The summed E-state index contributed by atoms with van der Waals surface area (Å²) < 4.78 is 67.7. The number of hydrogen-bond acceptors (Lipinski definition) is 8. The van der Waals surface area contributed by atoms with Crippen LogP contribution in [0.5, 0.6) is 0 Å². The van der Waals surface area contributed by atoms with Gasteiger partial charge in [-0.3, -0.25) is 9.36 Å². The van der Waals surface area contributed by atoms with Gasteiger partial charge in [0.2, 0.25) is 0 Å². The molecule has 9 nitrogen and oxygen atoms in total. The predicted molar refractivity (Wildman–Crippen MR) is 137 cm³/mol. The molecule has 2 heterocycles. The molecule has 2 amide bonds. The van der Waals surface area contributed by atoms with Crippen molar-refractivity contribution in [1.29, 1.82) is 0 Å². The first-order valence-corrected chi connectivity index (χ1v) is 12.7. The highest BCUT2D eigenvalue weighted by Crippen LogP contribution is 2.37. The molecule has 0 aliphatic heterocycles. The Morgan fingerprint density at radius 1 is 1.00 bits per heavy atom. The normalized spacial score (nSPS) is 12.4. The molecule has 0 aliphatic carbocycles. The summed E-state index contributed by atoms with van der Waals surface area (Å²) in [6.45, 7) is 9.24. The first kappa shape index (κ1) is 29.9. The SMILES string of the molecule is CSc1ncc2c(N(C(=O)OC(C)(C)C)C(=O)OC(C)(C)C)cc(=O)n(-c3c(F)cccc3C(F)(F)F)c2n1. The van der Waals surface area contributed by atoms with Gasteiger partial charge in [0.15, 0.2) is 10.8 Å². The second-order valence-corrected chi connectivity index (χ2v) is 11.0. The van der Waals surface area contributed by atoms with Gasteiger partial charge in [0.1, 0.15) is 17.0 Å². The molecule has 0 N–H and O–H groups in total. The van der Waals surface area contributed by atoms with Crippen LogP contribution in [-0.4, -0.2) is 44.2 Å². The van der Waals surface area contributed by atoms with Gasteiger partial charge in [-0.2, -0.15) is 18.1 Å². The number of imide groups is 1. The zero-order valence-electron chi connectivity index (χ0n) is 22.1. The van der Waals surface area contributed by atoms with Gasteiger partial charge in [0.05, 0.1) is 22.3 Å². The third-order valence-electron chi connectivity index (χ3n) is 4.81. The lowest BCUT2D eigenvalue weighted by Crippen LogP contribution is -2.44. The summed E-state index contributed by atoms with van der Waals surface area (Å²) in [6.07, 6.45) is -4.81. The van der Waals surface area contributed by atoms with E-state index >= 15 is 0 Å². The van der Waals surface area contributed by atoms with E-state index in [0.29, 0.717) is 21.6 Å². The van der Waals surface area contributed by atoms with E-state index in [2.05, 4.69) is 9.97 Å². The van der Waals surface area contributed by atoms with Crippen LogP contribution in [0.1, 0.15) is 47.1 Å². The molecule has 2 aromatic heterocycles. The Labute approximate surface area is 225 Å². The molecular weight excluding hydrogens is 544 g/mol. The number of carbonyl (C=O) groups excluding carboxylic acids is 2. The van der Waals surface area contributed by atoms with Gasteiger partial charge >= 0.3 is 18.4 Å². The standard InChI is InChI=1S/C25H26F4N4O5S/c1-23(2,3)37-21(35)32(22(36)38-24(4,5)6)16-11-17(34)33(19-13(16)12-30-20(31-19)39-7)18-14(25(27,28)29)9-8-10-15(18)26/h8-12H,1-7H3. The van der Waals surface area contributed by atoms with Crippen molar-refractivity contribution in [2.75, 3.05) is 11.2 Å². The highest BCUT2D eigenvalue weighted by molar-refractivity contribution is 7.98. The van der Waals surface area contributed by atoms with E-state index in [9.17, 15) is 31.9 Å².